The van der Waals surface area contributed by atoms with Crippen LogP contribution in [0.4, 0.5) is 10.2 Å². The second kappa shape index (κ2) is 3.77. The highest BCUT2D eigenvalue weighted by Gasteiger charge is 2.18. The number of piperidine rings is 1. The molecule has 1 N–H and O–H groups in total. The van der Waals surface area contributed by atoms with Crippen molar-refractivity contribution in [2.45, 2.75) is 19.3 Å². The fourth-order valence-electron chi connectivity index (χ4n) is 1.68. The van der Waals surface area contributed by atoms with Crippen molar-refractivity contribution < 1.29 is 9.50 Å². The molecule has 1 aliphatic heterocycles. The molecule has 0 spiro atoms. The quantitative estimate of drug-likeness (QED) is 0.737. The molecular weight excluding hydrogens is 185 g/mol. The third kappa shape index (κ3) is 1.62. The van der Waals surface area contributed by atoms with Crippen molar-refractivity contribution in [3.63, 3.8) is 0 Å². The van der Waals surface area contributed by atoms with Crippen molar-refractivity contribution in [2.75, 3.05) is 18.0 Å². The van der Waals surface area contributed by atoms with Gasteiger partial charge in [0.15, 0.2) is 5.82 Å². The van der Waals surface area contributed by atoms with Gasteiger partial charge >= 0.3 is 0 Å². The molecule has 2 heterocycles. The molecule has 14 heavy (non-hydrogen) atoms. The summed E-state index contributed by atoms with van der Waals surface area (Å²) < 4.78 is 13.4. The molecule has 76 valence electrons. The molecule has 1 saturated heterocycles. The van der Waals surface area contributed by atoms with Crippen LogP contribution in [0.25, 0.3) is 0 Å². The van der Waals surface area contributed by atoms with E-state index >= 15 is 0 Å². The highest BCUT2D eigenvalue weighted by Crippen LogP contribution is 2.24. The van der Waals surface area contributed by atoms with E-state index in [9.17, 15) is 4.39 Å². The summed E-state index contributed by atoms with van der Waals surface area (Å²) >= 11 is 0. The second-order valence-electron chi connectivity index (χ2n) is 3.38. The summed E-state index contributed by atoms with van der Waals surface area (Å²) in [4.78, 5) is 9.07. The molecule has 1 aromatic heterocycles. The van der Waals surface area contributed by atoms with Gasteiger partial charge in [0.25, 0.3) is 5.88 Å². The molecule has 2 rings (SSSR count). The molecule has 1 aromatic rings. The van der Waals surface area contributed by atoms with E-state index in [0.29, 0.717) is 0 Å². The molecule has 0 saturated carbocycles. The molecule has 1 aliphatic rings. The SMILES string of the molecule is Oc1ncnc(N2CCCCC2)c1F. The molecule has 0 aliphatic carbocycles. The molecule has 0 bridgehead atoms. The Labute approximate surface area is 81.4 Å². The van der Waals surface area contributed by atoms with E-state index in [1.54, 1.807) is 0 Å². The summed E-state index contributed by atoms with van der Waals surface area (Å²) in [5, 5.41) is 9.08. The number of nitrogens with zero attached hydrogens (tertiary/aromatic N) is 3. The van der Waals surface area contributed by atoms with Crippen molar-refractivity contribution in [2.24, 2.45) is 0 Å². The van der Waals surface area contributed by atoms with Crippen LogP contribution in [0.1, 0.15) is 19.3 Å². The lowest BCUT2D eigenvalue weighted by atomic mass is 10.1. The average molecular weight is 197 g/mol. The Bertz CT molecular complexity index is 326. The van der Waals surface area contributed by atoms with Gasteiger partial charge in [-0.3, -0.25) is 0 Å². The number of aromatic hydroxyl groups is 1. The van der Waals surface area contributed by atoms with Crippen LogP contribution in [0, 0.1) is 5.82 Å². The van der Waals surface area contributed by atoms with Crippen LogP contribution in [-0.2, 0) is 0 Å². The number of halogens is 1. The second-order valence-corrected chi connectivity index (χ2v) is 3.38. The van der Waals surface area contributed by atoms with Gasteiger partial charge in [-0.1, -0.05) is 0 Å². The molecule has 0 amide bonds. The van der Waals surface area contributed by atoms with Gasteiger partial charge in [-0.25, -0.2) is 4.98 Å². The van der Waals surface area contributed by atoms with Crippen LogP contribution in [-0.4, -0.2) is 28.2 Å². The van der Waals surface area contributed by atoms with Crippen LogP contribution < -0.4 is 4.90 Å². The Kier molecular flexibility index (Phi) is 2.47. The van der Waals surface area contributed by atoms with Crippen molar-refractivity contribution >= 4 is 5.82 Å². The highest BCUT2D eigenvalue weighted by atomic mass is 19.1. The smallest absolute Gasteiger partial charge is 0.253 e. The van der Waals surface area contributed by atoms with E-state index in [4.69, 9.17) is 5.11 Å². The minimum absolute atomic E-state index is 0.220. The van der Waals surface area contributed by atoms with E-state index in [2.05, 4.69) is 9.97 Å². The van der Waals surface area contributed by atoms with Gasteiger partial charge in [-0.05, 0) is 19.3 Å². The van der Waals surface area contributed by atoms with E-state index in [1.807, 2.05) is 4.90 Å². The predicted molar refractivity (Wildman–Crippen MR) is 49.7 cm³/mol. The fraction of sp³-hybridized carbons (Fsp3) is 0.556. The summed E-state index contributed by atoms with van der Waals surface area (Å²) in [6.45, 7) is 1.60. The first kappa shape index (κ1) is 9.18. The van der Waals surface area contributed by atoms with Crippen molar-refractivity contribution in [3.8, 4) is 5.88 Å². The molecule has 4 nitrogen and oxygen atoms in total. The minimum Gasteiger partial charge on any atom is -0.491 e. The van der Waals surface area contributed by atoms with Crippen LogP contribution in [0.15, 0.2) is 6.33 Å². The van der Waals surface area contributed by atoms with Crippen LogP contribution in [0.2, 0.25) is 0 Å². The molecule has 0 radical (unpaired) electrons. The van der Waals surface area contributed by atoms with Gasteiger partial charge in [0, 0.05) is 13.1 Å². The number of rotatable bonds is 1. The van der Waals surface area contributed by atoms with Gasteiger partial charge in [-0.2, -0.15) is 9.37 Å². The lowest BCUT2D eigenvalue weighted by Gasteiger charge is -2.27. The summed E-state index contributed by atoms with van der Waals surface area (Å²) in [7, 11) is 0. The third-order valence-corrected chi connectivity index (χ3v) is 2.41. The van der Waals surface area contributed by atoms with Crippen LogP contribution >= 0.6 is 0 Å². The standard InChI is InChI=1S/C9H12FN3O/c10-7-8(11-6-12-9(7)14)13-4-2-1-3-5-13/h6H,1-5H2,(H,11,12,14). The van der Waals surface area contributed by atoms with Gasteiger partial charge in [0.2, 0.25) is 5.82 Å². The van der Waals surface area contributed by atoms with E-state index in [-0.39, 0.29) is 5.82 Å². The zero-order valence-corrected chi connectivity index (χ0v) is 7.78. The van der Waals surface area contributed by atoms with Gasteiger partial charge in [0.1, 0.15) is 6.33 Å². The first-order valence-corrected chi connectivity index (χ1v) is 4.73. The van der Waals surface area contributed by atoms with Crippen molar-refractivity contribution in [3.05, 3.63) is 12.1 Å². The van der Waals surface area contributed by atoms with Gasteiger partial charge in [0.05, 0.1) is 0 Å². The summed E-state index contributed by atoms with van der Waals surface area (Å²) in [6.07, 6.45) is 4.45. The average Bonchev–Trinajstić information content (AvgIpc) is 2.23. The number of hydrogen-bond donors (Lipinski definition) is 1. The van der Waals surface area contributed by atoms with Crippen LogP contribution in [0.5, 0.6) is 5.88 Å². The maximum atomic E-state index is 13.4. The summed E-state index contributed by atoms with van der Waals surface area (Å²) in [5.41, 5.74) is 0. The van der Waals surface area contributed by atoms with Crippen molar-refractivity contribution in [1.82, 2.24) is 9.97 Å². The Balaban J connectivity index is 2.26. The summed E-state index contributed by atoms with van der Waals surface area (Å²) in [6, 6.07) is 0. The topological polar surface area (TPSA) is 49.3 Å². The molecule has 5 heteroatoms. The maximum absolute atomic E-state index is 13.4. The van der Waals surface area contributed by atoms with Gasteiger partial charge < -0.3 is 10.0 Å². The lowest BCUT2D eigenvalue weighted by Crippen LogP contribution is -2.31. The Morgan fingerprint density at radius 3 is 2.64 bits per heavy atom. The molecule has 0 aromatic carbocycles. The van der Waals surface area contributed by atoms with Gasteiger partial charge in [-0.15, -0.1) is 0 Å². The number of hydrogen-bond acceptors (Lipinski definition) is 4. The lowest BCUT2D eigenvalue weighted by molar-refractivity contribution is 0.406. The first-order chi connectivity index (χ1) is 6.79. The Morgan fingerprint density at radius 1 is 1.21 bits per heavy atom. The van der Waals surface area contributed by atoms with E-state index < -0.39 is 11.7 Å². The molecule has 0 unspecified atom stereocenters. The Morgan fingerprint density at radius 2 is 1.93 bits per heavy atom. The summed E-state index contributed by atoms with van der Waals surface area (Å²) in [5.74, 6) is -1.06. The molecule has 1 fully saturated rings. The monoisotopic (exact) mass is 197 g/mol. The Hall–Kier alpha value is -1.39. The fourth-order valence-corrected chi connectivity index (χ4v) is 1.68. The third-order valence-electron chi connectivity index (χ3n) is 2.41. The first-order valence-electron chi connectivity index (χ1n) is 4.73. The molecule has 0 atom stereocenters. The molecular formula is C9H12FN3O. The predicted octanol–water partition coefficient (Wildman–Crippen LogP) is 1.31. The van der Waals surface area contributed by atoms with E-state index in [1.165, 1.54) is 12.7 Å². The van der Waals surface area contributed by atoms with Crippen molar-refractivity contribution in [1.29, 1.82) is 0 Å². The largest absolute Gasteiger partial charge is 0.491 e. The number of aromatic nitrogens is 2. The van der Waals surface area contributed by atoms with Crippen LogP contribution in [0.3, 0.4) is 0 Å². The minimum atomic E-state index is -0.714. The zero-order chi connectivity index (χ0) is 9.97. The highest BCUT2D eigenvalue weighted by molar-refractivity contribution is 5.42. The maximum Gasteiger partial charge on any atom is 0.253 e. The number of anilines is 1. The normalized spacial score (nSPS) is 17.1. The van der Waals surface area contributed by atoms with E-state index in [0.717, 1.165) is 25.9 Å². The zero-order valence-electron chi connectivity index (χ0n) is 7.78.